The Hall–Kier alpha value is -4.63. The summed E-state index contributed by atoms with van der Waals surface area (Å²) in [7, 11) is 0. The van der Waals surface area contributed by atoms with Crippen molar-refractivity contribution in [3.8, 4) is 11.3 Å². The van der Waals surface area contributed by atoms with Gasteiger partial charge in [0.15, 0.2) is 0 Å². The van der Waals surface area contributed by atoms with Gasteiger partial charge in [-0.1, -0.05) is 60.1 Å². The van der Waals surface area contributed by atoms with E-state index < -0.39 is 24.1 Å². The molecule has 3 aromatic carbocycles. The van der Waals surface area contributed by atoms with Crippen molar-refractivity contribution in [1.82, 2.24) is 15.5 Å². The number of ether oxygens (including phenoxy) is 1. The number of amides is 2. The van der Waals surface area contributed by atoms with Gasteiger partial charge in [0.2, 0.25) is 0 Å². The van der Waals surface area contributed by atoms with Crippen LogP contribution in [0.3, 0.4) is 0 Å². The number of aliphatic carboxylic acids is 1. The second-order valence-electron chi connectivity index (χ2n) is 8.88. The number of carbonyl (C=O) groups is 3. The number of benzene rings is 3. The minimum atomic E-state index is -0.974. The third kappa shape index (κ3) is 6.82. The molecule has 4 rings (SSSR count). The normalized spacial score (nSPS) is 12.3. The SMILES string of the molecule is C[C@@H](OC(=O)NCc1cc(-c2ccc(C(=O)Nc3ccccc3[C@@H](C)C(=O)O)cc2)n[nH]1)c1ccccc1Cl. The van der Waals surface area contributed by atoms with E-state index in [0.29, 0.717) is 38.8 Å². The molecule has 0 saturated carbocycles. The van der Waals surface area contributed by atoms with Crippen molar-refractivity contribution < 1.29 is 24.2 Å². The third-order valence-electron chi connectivity index (χ3n) is 6.17. The lowest BCUT2D eigenvalue weighted by Crippen LogP contribution is -2.25. The molecule has 0 saturated heterocycles. The minimum Gasteiger partial charge on any atom is -0.481 e. The summed E-state index contributed by atoms with van der Waals surface area (Å²) < 4.78 is 5.40. The number of halogens is 1. The molecule has 9 nitrogen and oxygen atoms in total. The van der Waals surface area contributed by atoms with E-state index in [1.807, 2.05) is 6.07 Å². The maximum atomic E-state index is 12.8. The number of aromatic amines is 1. The molecule has 4 aromatic rings. The lowest BCUT2D eigenvalue weighted by molar-refractivity contribution is -0.138. The molecule has 0 radical (unpaired) electrons. The Balaban J connectivity index is 1.34. The molecule has 0 spiro atoms. The molecule has 2 amide bonds. The third-order valence-corrected chi connectivity index (χ3v) is 6.51. The first-order chi connectivity index (χ1) is 18.7. The average Bonchev–Trinajstić information content (AvgIpc) is 3.41. The van der Waals surface area contributed by atoms with Gasteiger partial charge in [0.25, 0.3) is 5.91 Å². The van der Waals surface area contributed by atoms with E-state index in [1.165, 1.54) is 0 Å². The molecule has 1 aromatic heterocycles. The van der Waals surface area contributed by atoms with Crippen LogP contribution in [-0.2, 0) is 16.1 Å². The summed E-state index contributed by atoms with van der Waals surface area (Å²) in [6.45, 7) is 3.49. The number of aromatic nitrogens is 2. The molecule has 0 fully saturated rings. The molecule has 0 aliphatic heterocycles. The van der Waals surface area contributed by atoms with Crippen LogP contribution >= 0.6 is 11.6 Å². The van der Waals surface area contributed by atoms with Crippen molar-refractivity contribution in [1.29, 1.82) is 0 Å². The van der Waals surface area contributed by atoms with Gasteiger partial charge in [-0.05, 0) is 49.7 Å². The van der Waals surface area contributed by atoms with Crippen LogP contribution in [0.2, 0.25) is 5.02 Å². The zero-order valence-corrected chi connectivity index (χ0v) is 22.0. The van der Waals surface area contributed by atoms with E-state index in [0.717, 1.165) is 5.56 Å². The largest absolute Gasteiger partial charge is 0.481 e. The monoisotopic (exact) mass is 546 g/mol. The molecule has 10 heteroatoms. The van der Waals surface area contributed by atoms with Gasteiger partial charge in [-0.15, -0.1) is 0 Å². The minimum absolute atomic E-state index is 0.176. The van der Waals surface area contributed by atoms with Gasteiger partial charge >= 0.3 is 12.1 Å². The van der Waals surface area contributed by atoms with E-state index in [2.05, 4.69) is 20.8 Å². The van der Waals surface area contributed by atoms with Gasteiger partial charge in [0, 0.05) is 27.4 Å². The number of H-pyrrole nitrogens is 1. The van der Waals surface area contributed by atoms with Crippen LogP contribution < -0.4 is 10.6 Å². The van der Waals surface area contributed by atoms with Crippen LogP contribution in [-0.4, -0.2) is 33.3 Å². The lowest BCUT2D eigenvalue weighted by atomic mass is 9.99. The highest BCUT2D eigenvalue weighted by molar-refractivity contribution is 6.31. The first-order valence-corrected chi connectivity index (χ1v) is 12.6. The highest BCUT2D eigenvalue weighted by Crippen LogP contribution is 2.26. The highest BCUT2D eigenvalue weighted by atomic mass is 35.5. The summed E-state index contributed by atoms with van der Waals surface area (Å²) in [5.74, 6) is -2.10. The van der Waals surface area contributed by atoms with E-state index in [4.69, 9.17) is 16.3 Å². The summed E-state index contributed by atoms with van der Waals surface area (Å²) in [6.07, 6.45) is -1.10. The molecule has 0 aliphatic rings. The van der Waals surface area contributed by atoms with Crippen LogP contribution in [0, 0.1) is 0 Å². The Morgan fingerprint density at radius 1 is 0.974 bits per heavy atom. The van der Waals surface area contributed by atoms with Gasteiger partial charge in [-0.3, -0.25) is 14.7 Å². The number of carbonyl (C=O) groups excluding carboxylic acids is 2. The van der Waals surface area contributed by atoms with Gasteiger partial charge in [0.05, 0.1) is 23.9 Å². The molecule has 200 valence electrons. The van der Waals surface area contributed by atoms with Crippen molar-refractivity contribution in [2.24, 2.45) is 0 Å². The fourth-order valence-corrected chi connectivity index (χ4v) is 4.24. The molecule has 0 bridgehead atoms. The van der Waals surface area contributed by atoms with Crippen LogP contribution in [0.1, 0.15) is 53.0 Å². The molecular weight excluding hydrogens is 520 g/mol. The van der Waals surface area contributed by atoms with E-state index in [9.17, 15) is 19.5 Å². The molecule has 4 N–H and O–H groups in total. The van der Waals surface area contributed by atoms with Crippen LogP contribution in [0.4, 0.5) is 10.5 Å². The first kappa shape index (κ1) is 27.4. The Kier molecular flexibility index (Phi) is 8.63. The predicted octanol–water partition coefficient (Wildman–Crippen LogP) is 6.16. The molecule has 0 aliphatic carbocycles. The van der Waals surface area contributed by atoms with E-state index >= 15 is 0 Å². The van der Waals surface area contributed by atoms with Crippen molar-refractivity contribution in [3.63, 3.8) is 0 Å². The number of carboxylic acids is 1. The number of nitrogens with one attached hydrogen (secondary N) is 3. The molecule has 2 atom stereocenters. The van der Waals surface area contributed by atoms with Crippen molar-refractivity contribution in [2.45, 2.75) is 32.4 Å². The fraction of sp³-hybridized carbons (Fsp3) is 0.172. The maximum Gasteiger partial charge on any atom is 0.408 e. The number of rotatable bonds is 9. The zero-order chi connectivity index (χ0) is 27.9. The quantitative estimate of drug-likeness (QED) is 0.199. The maximum absolute atomic E-state index is 12.8. The van der Waals surface area contributed by atoms with Gasteiger partial charge in [0.1, 0.15) is 6.10 Å². The van der Waals surface area contributed by atoms with Gasteiger partial charge < -0.3 is 20.5 Å². The number of nitrogens with zero attached hydrogens (tertiary/aromatic N) is 1. The number of hydrogen-bond donors (Lipinski definition) is 4. The summed E-state index contributed by atoms with van der Waals surface area (Å²) in [4.78, 5) is 36.5. The Morgan fingerprint density at radius 2 is 1.64 bits per heavy atom. The van der Waals surface area contributed by atoms with Crippen LogP contribution in [0.5, 0.6) is 0 Å². The smallest absolute Gasteiger partial charge is 0.408 e. The number of carboxylic acid groups (broad SMARTS) is 1. The van der Waals surface area contributed by atoms with Crippen LogP contribution in [0.25, 0.3) is 11.3 Å². The van der Waals surface area contributed by atoms with E-state index in [-0.39, 0.29) is 12.5 Å². The second kappa shape index (κ2) is 12.3. The van der Waals surface area contributed by atoms with Crippen molar-refractivity contribution >= 4 is 35.3 Å². The lowest BCUT2D eigenvalue weighted by Gasteiger charge is -2.15. The Bertz CT molecular complexity index is 1490. The number of hydrogen-bond acceptors (Lipinski definition) is 5. The number of anilines is 1. The zero-order valence-electron chi connectivity index (χ0n) is 21.3. The molecule has 0 unspecified atom stereocenters. The van der Waals surface area contributed by atoms with E-state index in [1.54, 1.807) is 86.6 Å². The number of alkyl carbamates (subject to hydrolysis) is 1. The molecule has 39 heavy (non-hydrogen) atoms. The predicted molar refractivity (Wildman–Crippen MR) is 148 cm³/mol. The highest BCUT2D eigenvalue weighted by Gasteiger charge is 2.19. The summed E-state index contributed by atoms with van der Waals surface area (Å²) in [5.41, 5.74) is 4.17. The Morgan fingerprint density at radius 3 is 2.33 bits per heavy atom. The van der Waals surface area contributed by atoms with Crippen molar-refractivity contribution in [2.75, 3.05) is 5.32 Å². The van der Waals surface area contributed by atoms with Crippen LogP contribution in [0.15, 0.2) is 78.9 Å². The molecule has 1 heterocycles. The number of para-hydroxylation sites is 1. The fourth-order valence-electron chi connectivity index (χ4n) is 3.95. The van der Waals surface area contributed by atoms with Gasteiger partial charge in [-0.2, -0.15) is 5.10 Å². The Labute approximate surface area is 230 Å². The van der Waals surface area contributed by atoms with Crippen molar-refractivity contribution in [3.05, 3.63) is 106 Å². The summed E-state index contributed by atoms with van der Waals surface area (Å²) in [6, 6.07) is 22.6. The summed E-state index contributed by atoms with van der Waals surface area (Å²) >= 11 is 6.16. The summed E-state index contributed by atoms with van der Waals surface area (Å²) in [5, 5.41) is 22.5. The average molecular weight is 547 g/mol. The first-order valence-electron chi connectivity index (χ1n) is 12.2. The topological polar surface area (TPSA) is 133 Å². The molecular formula is C29H27ClN4O5. The van der Waals surface area contributed by atoms with Gasteiger partial charge in [-0.25, -0.2) is 4.79 Å². The standard InChI is InChI=1S/C29H27ClN4O5/c1-17(28(36)37)22-7-4-6-10-25(22)32-27(35)20-13-11-19(12-14-20)26-15-21(33-34-26)16-31-29(38)39-18(2)23-8-3-5-9-24(23)30/h3-15,17-18H,16H2,1-2H3,(H,31,38)(H,32,35)(H,33,34)(H,36,37)/t17-,18-/m1/s1. The second-order valence-corrected chi connectivity index (χ2v) is 9.29.